The molecule has 268 valence electrons. The molecular formula is C53H36N4. The van der Waals surface area contributed by atoms with E-state index in [0.29, 0.717) is 0 Å². The minimum Gasteiger partial charge on any atom is -0.350 e. The van der Waals surface area contributed by atoms with E-state index in [-0.39, 0.29) is 12.3 Å². The van der Waals surface area contributed by atoms with Crippen LogP contribution in [0.1, 0.15) is 29.0 Å². The van der Waals surface area contributed by atoms with Crippen LogP contribution in [0.2, 0.25) is 0 Å². The Balaban J connectivity index is 1.05. The molecule has 2 N–H and O–H groups in total. The third-order valence-electron chi connectivity index (χ3n) is 12.0. The van der Waals surface area contributed by atoms with Crippen molar-refractivity contribution in [2.24, 2.45) is 4.99 Å². The van der Waals surface area contributed by atoms with Crippen LogP contribution in [0.5, 0.6) is 0 Å². The standard InChI is InChI=1S/C53H36N4/c1-3-14-35(15-4-1)51-54-52(36-16-5-2-6-17-36)56-53(55-51)49-43-22-10-8-19-39(43)38-18-7-9-21-42(38)48(49)34-28-26-33(27-29-34)37-30-31-41-45-24-13-23-44-40-20-11-12-25-46(40)57(50(44)45)47(41)32-37/h1-32,51-52,54H,(H,55,56). The van der Waals surface area contributed by atoms with E-state index >= 15 is 0 Å². The van der Waals surface area contributed by atoms with E-state index in [2.05, 4.69) is 209 Å². The average Bonchev–Trinajstić information content (AvgIpc) is 3.81. The second-order valence-electron chi connectivity index (χ2n) is 15.2. The zero-order chi connectivity index (χ0) is 37.5. The van der Waals surface area contributed by atoms with Crippen LogP contribution >= 0.6 is 0 Å². The molecule has 12 rings (SSSR count). The first-order valence-electron chi connectivity index (χ1n) is 19.7. The molecule has 1 aliphatic rings. The van der Waals surface area contributed by atoms with Gasteiger partial charge in [-0.2, -0.15) is 0 Å². The average molecular weight is 729 g/mol. The van der Waals surface area contributed by atoms with Gasteiger partial charge < -0.3 is 9.72 Å². The molecule has 4 heteroatoms. The third kappa shape index (κ3) is 4.94. The van der Waals surface area contributed by atoms with Crippen molar-refractivity contribution in [1.29, 1.82) is 0 Å². The van der Waals surface area contributed by atoms with E-state index < -0.39 is 0 Å². The van der Waals surface area contributed by atoms with E-state index in [0.717, 1.165) is 28.1 Å². The van der Waals surface area contributed by atoms with Crippen LogP contribution in [-0.4, -0.2) is 10.2 Å². The summed E-state index contributed by atoms with van der Waals surface area (Å²) in [5.74, 6) is 0.876. The van der Waals surface area contributed by atoms with Gasteiger partial charge in [-0.05, 0) is 61.5 Å². The van der Waals surface area contributed by atoms with Gasteiger partial charge >= 0.3 is 0 Å². The van der Waals surface area contributed by atoms with E-state index in [1.807, 2.05) is 0 Å². The van der Waals surface area contributed by atoms with Gasteiger partial charge in [-0.1, -0.05) is 182 Å². The molecule has 0 radical (unpaired) electrons. The summed E-state index contributed by atoms with van der Waals surface area (Å²) in [5, 5.41) is 17.7. The molecule has 3 heterocycles. The number of rotatable bonds is 5. The molecule has 0 saturated carbocycles. The Morgan fingerprint density at radius 3 is 1.61 bits per heavy atom. The minimum atomic E-state index is -0.238. The van der Waals surface area contributed by atoms with Crippen LogP contribution in [0, 0.1) is 0 Å². The Hall–Kier alpha value is -7.27. The molecule has 0 amide bonds. The summed E-state index contributed by atoms with van der Waals surface area (Å²) in [7, 11) is 0. The highest BCUT2D eigenvalue weighted by Gasteiger charge is 2.29. The number of hydrogen-bond acceptors (Lipinski definition) is 3. The highest BCUT2D eigenvalue weighted by molar-refractivity contribution is 6.26. The Labute approximate surface area is 329 Å². The SMILES string of the molecule is c1ccc(C2N=C(c3c(-c4ccc(-c5ccc6c7cccc8c9ccccc9n(c6c5)c87)cc4)c4ccccc4c4ccccc34)NC(c3ccccc3)N2)cc1. The molecule has 2 unspecified atom stereocenters. The predicted octanol–water partition coefficient (Wildman–Crippen LogP) is 12.8. The highest BCUT2D eigenvalue weighted by atomic mass is 15.3. The van der Waals surface area contributed by atoms with Gasteiger partial charge in [0.1, 0.15) is 18.2 Å². The van der Waals surface area contributed by atoms with Gasteiger partial charge in [0.15, 0.2) is 0 Å². The van der Waals surface area contributed by atoms with Crippen LogP contribution in [0.3, 0.4) is 0 Å². The third-order valence-corrected chi connectivity index (χ3v) is 12.0. The quantitative estimate of drug-likeness (QED) is 0.173. The van der Waals surface area contributed by atoms with E-state index in [1.165, 1.54) is 76.3 Å². The molecule has 0 bridgehead atoms. The number of fused-ring (bicyclic) bond motifs is 9. The molecule has 1 aliphatic heterocycles. The van der Waals surface area contributed by atoms with Crippen molar-refractivity contribution in [2.75, 3.05) is 0 Å². The number of nitrogens with one attached hydrogen (secondary N) is 2. The molecule has 4 nitrogen and oxygen atoms in total. The molecular weight excluding hydrogens is 693 g/mol. The summed E-state index contributed by atoms with van der Waals surface area (Å²) in [6, 6.07) is 70.3. The summed E-state index contributed by atoms with van der Waals surface area (Å²) in [5.41, 5.74) is 11.9. The molecule has 57 heavy (non-hydrogen) atoms. The van der Waals surface area contributed by atoms with Crippen molar-refractivity contribution >= 4 is 65.5 Å². The summed E-state index contributed by atoms with van der Waals surface area (Å²) < 4.78 is 2.46. The number of amidine groups is 1. The maximum atomic E-state index is 5.48. The molecule has 2 atom stereocenters. The van der Waals surface area contributed by atoms with Crippen molar-refractivity contribution < 1.29 is 0 Å². The molecule has 11 aromatic rings. The molecule has 0 aliphatic carbocycles. The lowest BCUT2D eigenvalue weighted by molar-refractivity contribution is 0.409. The Morgan fingerprint density at radius 2 is 0.912 bits per heavy atom. The molecule has 2 aromatic heterocycles. The fourth-order valence-corrected chi connectivity index (χ4v) is 9.43. The number of benzene rings is 9. The van der Waals surface area contributed by atoms with E-state index in [4.69, 9.17) is 4.99 Å². The summed E-state index contributed by atoms with van der Waals surface area (Å²) in [6.07, 6.45) is -0.383. The van der Waals surface area contributed by atoms with Crippen LogP contribution < -0.4 is 10.6 Å². The second-order valence-corrected chi connectivity index (χ2v) is 15.2. The Morgan fingerprint density at radius 1 is 0.386 bits per heavy atom. The maximum Gasteiger partial charge on any atom is 0.133 e. The smallest absolute Gasteiger partial charge is 0.133 e. The second kappa shape index (κ2) is 12.6. The normalized spacial score (nSPS) is 15.9. The topological polar surface area (TPSA) is 40.8 Å². The zero-order valence-corrected chi connectivity index (χ0v) is 31.0. The van der Waals surface area contributed by atoms with Gasteiger partial charge in [0, 0.05) is 32.7 Å². The van der Waals surface area contributed by atoms with Crippen LogP contribution in [0.15, 0.2) is 199 Å². The first kappa shape index (κ1) is 32.0. The van der Waals surface area contributed by atoms with Gasteiger partial charge in [0.05, 0.1) is 16.6 Å². The lowest BCUT2D eigenvalue weighted by Gasteiger charge is -2.33. The molecule has 9 aromatic carbocycles. The van der Waals surface area contributed by atoms with Crippen LogP contribution in [0.4, 0.5) is 0 Å². The molecule has 0 spiro atoms. The number of aliphatic imine (C=N–C) groups is 1. The van der Waals surface area contributed by atoms with Crippen molar-refractivity contribution in [3.05, 3.63) is 211 Å². The Kier molecular flexibility index (Phi) is 7.10. The monoisotopic (exact) mass is 728 g/mol. The number of nitrogens with zero attached hydrogens (tertiary/aromatic N) is 2. The summed E-state index contributed by atoms with van der Waals surface area (Å²) in [4.78, 5) is 5.48. The molecule has 0 saturated heterocycles. The van der Waals surface area contributed by atoms with E-state index in [1.54, 1.807) is 0 Å². The van der Waals surface area contributed by atoms with E-state index in [9.17, 15) is 0 Å². The van der Waals surface area contributed by atoms with Crippen molar-refractivity contribution in [3.8, 4) is 22.3 Å². The zero-order valence-electron chi connectivity index (χ0n) is 31.0. The lowest BCUT2D eigenvalue weighted by atomic mass is 9.86. The van der Waals surface area contributed by atoms with Crippen molar-refractivity contribution in [2.45, 2.75) is 12.3 Å². The van der Waals surface area contributed by atoms with Gasteiger partial charge in [-0.3, -0.25) is 5.32 Å². The lowest BCUT2D eigenvalue weighted by Crippen LogP contribution is -2.45. The summed E-state index contributed by atoms with van der Waals surface area (Å²) >= 11 is 0. The summed E-state index contributed by atoms with van der Waals surface area (Å²) in [6.45, 7) is 0. The Bertz CT molecular complexity index is 3350. The fourth-order valence-electron chi connectivity index (χ4n) is 9.43. The number of hydrogen-bond donors (Lipinski definition) is 2. The van der Waals surface area contributed by atoms with Crippen molar-refractivity contribution in [1.82, 2.24) is 15.0 Å². The van der Waals surface area contributed by atoms with Gasteiger partial charge in [-0.15, -0.1) is 0 Å². The van der Waals surface area contributed by atoms with Gasteiger partial charge in [0.25, 0.3) is 0 Å². The highest BCUT2D eigenvalue weighted by Crippen LogP contribution is 2.43. The van der Waals surface area contributed by atoms with Crippen LogP contribution in [-0.2, 0) is 0 Å². The van der Waals surface area contributed by atoms with Gasteiger partial charge in [-0.25, -0.2) is 4.99 Å². The van der Waals surface area contributed by atoms with Gasteiger partial charge in [0.2, 0.25) is 0 Å². The first-order valence-corrected chi connectivity index (χ1v) is 19.7. The fraction of sp³-hybridized carbons (Fsp3) is 0.0377. The largest absolute Gasteiger partial charge is 0.350 e. The number of para-hydroxylation sites is 2. The van der Waals surface area contributed by atoms with Crippen molar-refractivity contribution in [3.63, 3.8) is 0 Å². The minimum absolute atomic E-state index is 0.144. The molecule has 0 fully saturated rings. The maximum absolute atomic E-state index is 5.48. The first-order chi connectivity index (χ1) is 28.3. The number of aromatic nitrogens is 1. The van der Waals surface area contributed by atoms with Crippen LogP contribution in [0.25, 0.3) is 81.9 Å². The predicted molar refractivity (Wildman–Crippen MR) is 238 cm³/mol.